The third kappa shape index (κ3) is 19.3. The van der Waals surface area contributed by atoms with E-state index in [9.17, 15) is 4.79 Å². The van der Waals surface area contributed by atoms with Crippen LogP contribution in [0.5, 0.6) is 0 Å². The molecule has 0 radical (unpaired) electrons. The van der Waals surface area contributed by atoms with Crippen molar-refractivity contribution in [2.45, 2.75) is 33.6 Å². The summed E-state index contributed by atoms with van der Waals surface area (Å²) >= 11 is 0. The molecule has 0 saturated heterocycles. The zero-order valence-corrected chi connectivity index (χ0v) is 9.79. The molecule has 0 amide bonds. The van der Waals surface area contributed by atoms with Crippen molar-refractivity contribution in [2.24, 2.45) is 0 Å². The Bertz CT molecular complexity index is 168. The Hall–Kier alpha value is -1.12. The first kappa shape index (κ1) is 19.5. The maximum atomic E-state index is 9.61. The number of hydrogen-bond donors (Lipinski definition) is 1. The van der Waals surface area contributed by atoms with Gasteiger partial charge >= 0.3 is 5.97 Å². The quantitative estimate of drug-likeness (QED) is 0.741. The van der Waals surface area contributed by atoms with Crippen LogP contribution < -0.4 is 0 Å². The first-order valence-corrected chi connectivity index (χ1v) is 4.93. The molecule has 0 unspecified atom stereocenters. The highest BCUT2D eigenvalue weighted by molar-refractivity contribution is 5.66. The van der Waals surface area contributed by atoms with E-state index in [4.69, 9.17) is 10.4 Å². The van der Waals surface area contributed by atoms with Crippen molar-refractivity contribution in [3.63, 3.8) is 0 Å². The van der Waals surface area contributed by atoms with Crippen LogP contribution in [0.2, 0.25) is 0 Å². The molecule has 15 heavy (non-hydrogen) atoms. The number of aliphatic carboxylic acids is 1. The first-order valence-electron chi connectivity index (χ1n) is 4.93. The van der Waals surface area contributed by atoms with E-state index in [0.717, 1.165) is 0 Å². The second-order valence-electron chi connectivity index (χ2n) is 2.67. The highest BCUT2D eigenvalue weighted by Crippen LogP contribution is 1.82. The first-order chi connectivity index (χ1) is 6.62. The van der Waals surface area contributed by atoms with E-state index in [0.29, 0.717) is 0 Å². The predicted molar refractivity (Wildman–Crippen MR) is 59.6 cm³/mol. The molecule has 0 atom stereocenters. The van der Waals surface area contributed by atoms with Gasteiger partial charge < -0.3 is 15.5 Å². The molecule has 5 heteroatoms. The lowest BCUT2D eigenvalue weighted by atomic mass is 10.3. The summed E-state index contributed by atoms with van der Waals surface area (Å²) in [5.74, 6) is -0.915. The number of carboxylic acids is 1. The molecule has 0 bridgehead atoms. The van der Waals surface area contributed by atoms with Crippen LogP contribution >= 0.6 is 0 Å². The van der Waals surface area contributed by atoms with Crippen molar-refractivity contribution < 1.29 is 15.4 Å². The van der Waals surface area contributed by atoms with Crippen LogP contribution in [-0.4, -0.2) is 41.1 Å². The molecular formula is C10H22N2O3. The number of nitrogens with zero attached hydrogens (tertiary/aromatic N) is 2. The molecule has 0 saturated carbocycles. The average molecular weight is 218 g/mol. The Labute approximate surface area is 91.6 Å². The van der Waals surface area contributed by atoms with Crippen LogP contribution in [-0.2, 0) is 4.79 Å². The molecule has 0 fully saturated rings. The van der Waals surface area contributed by atoms with Gasteiger partial charge in [0.2, 0.25) is 0 Å². The summed E-state index contributed by atoms with van der Waals surface area (Å²) < 4.78 is 0. The summed E-state index contributed by atoms with van der Waals surface area (Å²) in [6, 6.07) is 1.72. The number of hydrogen-bond acceptors (Lipinski definition) is 3. The van der Waals surface area contributed by atoms with E-state index < -0.39 is 5.97 Å². The lowest BCUT2D eigenvalue weighted by molar-refractivity contribution is -0.136. The Morgan fingerprint density at radius 1 is 1.27 bits per heavy atom. The second kappa shape index (κ2) is 15.4. The topological polar surface area (TPSA) is 95.8 Å². The van der Waals surface area contributed by atoms with Gasteiger partial charge in [-0.15, -0.1) is 0 Å². The Morgan fingerprint density at radius 3 is 1.73 bits per heavy atom. The van der Waals surface area contributed by atoms with Gasteiger partial charge in [0.25, 0.3) is 0 Å². The van der Waals surface area contributed by atoms with E-state index in [1.807, 2.05) is 0 Å². The second-order valence-corrected chi connectivity index (χ2v) is 2.67. The molecule has 0 spiro atoms. The zero-order chi connectivity index (χ0) is 11.4. The van der Waals surface area contributed by atoms with Crippen molar-refractivity contribution in [1.29, 1.82) is 5.26 Å². The number of rotatable bonds is 5. The third-order valence-corrected chi connectivity index (χ3v) is 1.79. The fourth-order valence-corrected chi connectivity index (χ4v) is 0.834. The lowest BCUT2D eigenvalue weighted by Gasteiger charge is -2.13. The molecule has 0 aliphatic heterocycles. The smallest absolute Gasteiger partial charge is 0.304 e. The van der Waals surface area contributed by atoms with Crippen LogP contribution in [0.4, 0.5) is 0 Å². The van der Waals surface area contributed by atoms with E-state index >= 15 is 0 Å². The van der Waals surface area contributed by atoms with E-state index in [2.05, 4.69) is 25.7 Å². The molecule has 0 aromatic rings. The molecule has 0 heterocycles. The normalized spacial score (nSPS) is 8.20. The van der Waals surface area contributed by atoms with Crippen LogP contribution in [0, 0.1) is 11.3 Å². The highest BCUT2D eigenvalue weighted by atomic mass is 16.4. The van der Waals surface area contributed by atoms with Gasteiger partial charge in [-0.3, -0.25) is 4.79 Å². The Morgan fingerprint density at radius 2 is 1.67 bits per heavy atom. The summed E-state index contributed by atoms with van der Waals surface area (Å²) in [6.07, 6.45) is 0.0613. The Balaban J connectivity index is -0.000000180. The molecule has 5 nitrogen and oxygen atoms in total. The zero-order valence-electron chi connectivity index (χ0n) is 9.79. The van der Waals surface area contributed by atoms with Gasteiger partial charge in [-0.05, 0) is 19.6 Å². The summed E-state index contributed by atoms with van der Waals surface area (Å²) in [7, 11) is 0. The predicted octanol–water partition coefficient (Wildman–Crippen LogP) is 0.898. The van der Waals surface area contributed by atoms with Gasteiger partial charge in [0.1, 0.15) is 0 Å². The van der Waals surface area contributed by atoms with E-state index in [1.54, 1.807) is 6.07 Å². The van der Waals surface area contributed by atoms with Crippen molar-refractivity contribution in [2.75, 3.05) is 19.6 Å². The maximum Gasteiger partial charge on any atom is 0.304 e. The SMILES string of the molecule is CCN(CC)CC.N#CCCC(=O)O.O. The lowest BCUT2D eigenvalue weighted by Crippen LogP contribution is -2.21. The number of carboxylic acid groups (broad SMARTS) is 1. The summed E-state index contributed by atoms with van der Waals surface area (Å²) in [4.78, 5) is 12.0. The Kier molecular flexibility index (Phi) is 19.9. The average Bonchev–Trinajstić information content (AvgIpc) is 2.18. The maximum absolute atomic E-state index is 9.61. The molecule has 0 aliphatic rings. The van der Waals surface area contributed by atoms with Crippen molar-refractivity contribution >= 4 is 5.97 Å². The van der Waals surface area contributed by atoms with Gasteiger partial charge in [0.05, 0.1) is 12.5 Å². The van der Waals surface area contributed by atoms with Gasteiger partial charge in [0.15, 0.2) is 0 Å². The van der Waals surface area contributed by atoms with Gasteiger partial charge in [-0.1, -0.05) is 20.8 Å². The minimum absolute atomic E-state index is 0. The van der Waals surface area contributed by atoms with Crippen LogP contribution in [0.3, 0.4) is 0 Å². The standard InChI is InChI=1S/C6H15N.C4H5NO2.H2O/c1-4-7(5-2)6-3;5-3-1-2-4(6)7;/h4-6H2,1-3H3;1-2H2,(H,6,7);1H2. The third-order valence-electron chi connectivity index (χ3n) is 1.79. The van der Waals surface area contributed by atoms with Gasteiger partial charge in [-0.2, -0.15) is 5.26 Å². The van der Waals surface area contributed by atoms with Gasteiger partial charge in [0, 0.05) is 6.42 Å². The minimum atomic E-state index is -0.915. The highest BCUT2D eigenvalue weighted by Gasteiger charge is 1.91. The van der Waals surface area contributed by atoms with Crippen LogP contribution in [0.15, 0.2) is 0 Å². The molecule has 0 rings (SSSR count). The summed E-state index contributed by atoms with van der Waals surface area (Å²) in [6.45, 7) is 10.1. The van der Waals surface area contributed by atoms with E-state index in [-0.39, 0.29) is 18.3 Å². The van der Waals surface area contributed by atoms with Gasteiger partial charge in [-0.25, -0.2) is 0 Å². The fourth-order valence-electron chi connectivity index (χ4n) is 0.834. The summed E-state index contributed by atoms with van der Waals surface area (Å²) in [5, 5.41) is 15.7. The molecule has 0 aliphatic carbocycles. The van der Waals surface area contributed by atoms with E-state index in [1.165, 1.54) is 19.6 Å². The molecule has 90 valence electrons. The minimum Gasteiger partial charge on any atom is -0.481 e. The summed E-state index contributed by atoms with van der Waals surface area (Å²) in [5.41, 5.74) is 0. The van der Waals surface area contributed by atoms with Crippen molar-refractivity contribution in [3.8, 4) is 6.07 Å². The molecule has 0 aromatic heterocycles. The monoisotopic (exact) mass is 218 g/mol. The molecular weight excluding hydrogens is 196 g/mol. The van der Waals surface area contributed by atoms with Crippen molar-refractivity contribution in [1.82, 2.24) is 4.90 Å². The molecule has 0 aromatic carbocycles. The van der Waals surface area contributed by atoms with Crippen molar-refractivity contribution in [3.05, 3.63) is 0 Å². The van der Waals surface area contributed by atoms with Crippen LogP contribution in [0.1, 0.15) is 33.6 Å². The number of carbonyl (C=O) groups is 1. The fraction of sp³-hybridized carbons (Fsp3) is 0.800. The largest absolute Gasteiger partial charge is 0.481 e. The molecule has 3 N–H and O–H groups in total. The van der Waals surface area contributed by atoms with Crippen LogP contribution in [0.25, 0.3) is 0 Å². The number of nitriles is 1.